The second-order valence-electron chi connectivity index (χ2n) is 7.08. The van der Waals surface area contributed by atoms with Crippen LogP contribution in [0.15, 0.2) is 36.9 Å². The monoisotopic (exact) mass is 425 g/mol. The van der Waals surface area contributed by atoms with Gasteiger partial charge in [0.2, 0.25) is 0 Å². The van der Waals surface area contributed by atoms with Gasteiger partial charge in [-0.3, -0.25) is 4.79 Å². The first-order valence-electron chi connectivity index (χ1n) is 10.2. The maximum Gasteiger partial charge on any atom is 0.257 e. The number of aromatic nitrogens is 3. The van der Waals surface area contributed by atoms with Gasteiger partial charge in [-0.1, -0.05) is 0 Å². The largest absolute Gasteiger partial charge is 0.489 e. The average Bonchev–Trinajstić information content (AvgIpc) is 3.10. The first kappa shape index (κ1) is 21.0. The van der Waals surface area contributed by atoms with Gasteiger partial charge in [0, 0.05) is 35.4 Å². The summed E-state index contributed by atoms with van der Waals surface area (Å²) in [5.41, 5.74) is 7.05. The SMILES string of the molecule is CCONCCOc1ccc(NC(=O)c2c[nH]c3c2-c2ncncc2CCC3)cc1F. The van der Waals surface area contributed by atoms with Crippen LogP contribution in [0.3, 0.4) is 0 Å². The van der Waals surface area contributed by atoms with E-state index in [1.54, 1.807) is 18.5 Å². The Morgan fingerprint density at radius 2 is 2.23 bits per heavy atom. The van der Waals surface area contributed by atoms with Crippen LogP contribution in [-0.2, 0) is 17.7 Å². The summed E-state index contributed by atoms with van der Waals surface area (Å²) in [4.78, 5) is 29.7. The summed E-state index contributed by atoms with van der Waals surface area (Å²) in [6, 6.07) is 4.34. The number of carbonyl (C=O) groups excluding carboxylic acids is 1. The third-order valence-electron chi connectivity index (χ3n) is 5.00. The van der Waals surface area contributed by atoms with Crippen molar-refractivity contribution in [3.8, 4) is 17.0 Å². The molecule has 0 spiro atoms. The van der Waals surface area contributed by atoms with Crippen molar-refractivity contribution in [3.63, 3.8) is 0 Å². The number of halogens is 1. The quantitative estimate of drug-likeness (QED) is 0.378. The Hall–Kier alpha value is -3.30. The summed E-state index contributed by atoms with van der Waals surface area (Å²) in [5.74, 6) is -0.782. The Kier molecular flexibility index (Phi) is 6.54. The highest BCUT2D eigenvalue weighted by atomic mass is 19.1. The molecule has 0 aliphatic heterocycles. The highest BCUT2D eigenvalue weighted by Gasteiger charge is 2.24. The van der Waals surface area contributed by atoms with Gasteiger partial charge in [0.05, 0.1) is 24.4 Å². The number of H-pyrrole nitrogens is 1. The number of carbonyl (C=O) groups is 1. The summed E-state index contributed by atoms with van der Waals surface area (Å²) >= 11 is 0. The van der Waals surface area contributed by atoms with Crippen molar-refractivity contribution >= 4 is 11.6 Å². The third kappa shape index (κ3) is 4.73. The average molecular weight is 425 g/mol. The summed E-state index contributed by atoms with van der Waals surface area (Å²) in [6.45, 7) is 3.07. The number of rotatable bonds is 8. The van der Waals surface area contributed by atoms with Gasteiger partial charge in [-0.25, -0.2) is 14.4 Å². The number of benzene rings is 1. The standard InChI is InChI=1S/C22H24FN5O3/c1-2-31-27-8-9-30-19-7-6-15(10-17(19)23)28-22(29)16-12-25-18-5-3-4-14-11-24-13-26-21(14)20(16)18/h6-7,10-13,25,27H,2-5,8-9H2,1H3,(H,28,29). The maximum absolute atomic E-state index is 14.4. The molecule has 2 heterocycles. The number of amides is 1. The van der Waals surface area contributed by atoms with Crippen molar-refractivity contribution in [2.24, 2.45) is 0 Å². The number of hydrogen-bond donors (Lipinski definition) is 3. The molecule has 2 aromatic heterocycles. The van der Waals surface area contributed by atoms with Gasteiger partial charge < -0.3 is 19.9 Å². The van der Waals surface area contributed by atoms with Crippen LogP contribution in [0.1, 0.15) is 35.0 Å². The van der Waals surface area contributed by atoms with Crippen LogP contribution in [0, 0.1) is 5.82 Å². The normalized spacial score (nSPS) is 12.6. The van der Waals surface area contributed by atoms with Gasteiger partial charge in [-0.2, -0.15) is 5.48 Å². The van der Waals surface area contributed by atoms with Crippen molar-refractivity contribution in [1.82, 2.24) is 20.4 Å². The van der Waals surface area contributed by atoms with E-state index in [0.717, 1.165) is 41.8 Å². The number of anilines is 1. The van der Waals surface area contributed by atoms with E-state index >= 15 is 0 Å². The summed E-state index contributed by atoms with van der Waals surface area (Å²) in [5, 5.41) is 2.77. The van der Waals surface area contributed by atoms with E-state index < -0.39 is 5.82 Å². The lowest BCUT2D eigenvalue weighted by Crippen LogP contribution is -2.21. The number of hydrogen-bond acceptors (Lipinski definition) is 6. The molecule has 162 valence electrons. The molecule has 0 bridgehead atoms. The maximum atomic E-state index is 14.4. The highest BCUT2D eigenvalue weighted by molar-refractivity contribution is 6.09. The van der Waals surface area contributed by atoms with Gasteiger partial charge in [0.1, 0.15) is 12.9 Å². The van der Waals surface area contributed by atoms with Crippen molar-refractivity contribution in [3.05, 3.63) is 59.6 Å². The molecule has 0 fully saturated rings. The van der Waals surface area contributed by atoms with Crippen LogP contribution >= 0.6 is 0 Å². The summed E-state index contributed by atoms with van der Waals surface area (Å²) in [6.07, 6.45) is 7.58. The molecule has 0 radical (unpaired) electrons. The molecular formula is C22H24FN5O3. The van der Waals surface area contributed by atoms with E-state index in [9.17, 15) is 9.18 Å². The summed E-state index contributed by atoms with van der Waals surface area (Å²) in [7, 11) is 0. The lowest BCUT2D eigenvalue weighted by Gasteiger charge is -2.11. The van der Waals surface area contributed by atoms with E-state index in [0.29, 0.717) is 24.4 Å². The first-order valence-corrected chi connectivity index (χ1v) is 10.2. The van der Waals surface area contributed by atoms with Crippen LogP contribution in [0.5, 0.6) is 5.75 Å². The van der Waals surface area contributed by atoms with E-state index in [-0.39, 0.29) is 18.3 Å². The van der Waals surface area contributed by atoms with Crippen LogP contribution in [-0.4, -0.2) is 40.6 Å². The zero-order chi connectivity index (χ0) is 21.6. The molecule has 8 nitrogen and oxygen atoms in total. The van der Waals surface area contributed by atoms with Gasteiger partial charge in [0.25, 0.3) is 5.91 Å². The highest BCUT2D eigenvalue weighted by Crippen LogP contribution is 2.33. The van der Waals surface area contributed by atoms with Crippen molar-refractivity contribution in [2.75, 3.05) is 25.1 Å². The van der Waals surface area contributed by atoms with Gasteiger partial charge in [0.15, 0.2) is 11.6 Å². The number of hydroxylamine groups is 1. The lowest BCUT2D eigenvalue weighted by atomic mass is 10.0. The Morgan fingerprint density at radius 1 is 1.32 bits per heavy atom. The number of aryl methyl sites for hydroxylation is 2. The molecule has 9 heteroatoms. The molecular weight excluding hydrogens is 401 g/mol. The second-order valence-corrected chi connectivity index (χ2v) is 7.08. The van der Waals surface area contributed by atoms with E-state index in [2.05, 4.69) is 25.7 Å². The molecule has 4 rings (SSSR count). The van der Waals surface area contributed by atoms with Crippen LogP contribution in [0.25, 0.3) is 11.3 Å². The van der Waals surface area contributed by atoms with Gasteiger partial charge in [-0.15, -0.1) is 0 Å². The van der Waals surface area contributed by atoms with E-state index in [1.807, 2.05) is 6.92 Å². The molecule has 1 aromatic carbocycles. The van der Waals surface area contributed by atoms with Crippen LogP contribution < -0.4 is 15.5 Å². The Bertz CT molecular complexity index is 1070. The van der Waals surface area contributed by atoms with Crippen molar-refractivity contribution < 1.29 is 18.8 Å². The fourth-order valence-electron chi connectivity index (χ4n) is 3.61. The van der Waals surface area contributed by atoms with Crippen LogP contribution in [0.2, 0.25) is 0 Å². The molecule has 0 saturated heterocycles. The molecule has 1 aliphatic rings. The molecule has 3 aromatic rings. The predicted octanol–water partition coefficient (Wildman–Crippen LogP) is 3.27. The minimum Gasteiger partial charge on any atom is -0.489 e. The molecule has 31 heavy (non-hydrogen) atoms. The molecule has 0 saturated carbocycles. The molecule has 1 aliphatic carbocycles. The van der Waals surface area contributed by atoms with Crippen molar-refractivity contribution in [2.45, 2.75) is 26.2 Å². The number of nitrogens with zero attached hydrogens (tertiary/aromatic N) is 2. The molecule has 0 unspecified atom stereocenters. The fraction of sp³-hybridized carbons (Fsp3) is 0.318. The number of nitrogens with one attached hydrogen (secondary N) is 3. The molecule has 0 atom stereocenters. The number of ether oxygens (including phenoxy) is 1. The zero-order valence-electron chi connectivity index (χ0n) is 17.2. The zero-order valence-corrected chi connectivity index (χ0v) is 17.2. The fourth-order valence-corrected chi connectivity index (χ4v) is 3.61. The topological polar surface area (TPSA) is 101 Å². The van der Waals surface area contributed by atoms with Crippen LogP contribution in [0.4, 0.5) is 10.1 Å². The smallest absolute Gasteiger partial charge is 0.257 e. The lowest BCUT2D eigenvalue weighted by molar-refractivity contribution is 0.0430. The Labute approximate surface area is 179 Å². The van der Waals surface area contributed by atoms with Crippen molar-refractivity contribution in [1.29, 1.82) is 0 Å². The van der Waals surface area contributed by atoms with Gasteiger partial charge in [-0.05, 0) is 43.9 Å². The summed E-state index contributed by atoms with van der Waals surface area (Å²) < 4.78 is 19.8. The van der Waals surface area contributed by atoms with E-state index in [1.165, 1.54) is 18.5 Å². The molecule has 1 amide bonds. The Balaban J connectivity index is 1.48. The minimum absolute atomic E-state index is 0.109. The predicted molar refractivity (Wildman–Crippen MR) is 113 cm³/mol. The number of fused-ring (bicyclic) bond motifs is 3. The second kappa shape index (κ2) is 9.67. The van der Waals surface area contributed by atoms with Gasteiger partial charge >= 0.3 is 0 Å². The minimum atomic E-state index is -0.555. The van der Waals surface area contributed by atoms with E-state index in [4.69, 9.17) is 9.57 Å². The number of aromatic amines is 1. The Morgan fingerprint density at radius 3 is 3.06 bits per heavy atom. The first-order chi connectivity index (χ1) is 15.2. The third-order valence-corrected chi connectivity index (χ3v) is 5.00. The molecule has 3 N–H and O–H groups in total.